The largest absolute Gasteiger partial charge is 0.497 e. The van der Waals surface area contributed by atoms with E-state index in [2.05, 4.69) is 20.7 Å². The third-order valence-electron chi connectivity index (χ3n) is 6.08. The lowest BCUT2D eigenvalue weighted by Crippen LogP contribution is -2.24. The van der Waals surface area contributed by atoms with Crippen LogP contribution in [-0.4, -0.2) is 34.7 Å². The molecule has 0 radical (unpaired) electrons. The average Bonchev–Trinajstić information content (AvgIpc) is 3.39. The molecule has 2 N–H and O–H groups in total. The molecule has 0 saturated carbocycles. The van der Waals surface area contributed by atoms with Gasteiger partial charge in [0.1, 0.15) is 23.0 Å². The SMILES string of the molecule is COc1ccc(CNC(=O)c2cc(NCc3ccc(OC)cc3)n3ncc(-c4cccc(Cl)c4)c3n2)cc1. The zero-order valence-corrected chi connectivity index (χ0v) is 21.7. The van der Waals surface area contributed by atoms with Gasteiger partial charge in [0.05, 0.1) is 20.4 Å². The van der Waals surface area contributed by atoms with Gasteiger partial charge in [0.2, 0.25) is 0 Å². The van der Waals surface area contributed by atoms with Crippen LogP contribution in [0.2, 0.25) is 5.02 Å². The Morgan fingerprint density at radius 3 is 2.18 bits per heavy atom. The lowest BCUT2D eigenvalue weighted by atomic mass is 10.1. The fourth-order valence-corrected chi connectivity index (χ4v) is 4.21. The summed E-state index contributed by atoms with van der Waals surface area (Å²) in [6.45, 7) is 0.868. The molecule has 0 bridgehead atoms. The summed E-state index contributed by atoms with van der Waals surface area (Å²) in [5.41, 5.74) is 4.43. The molecular weight excluding hydrogens is 502 g/mol. The summed E-state index contributed by atoms with van der Waals surface area (Å²) >= 11 is 6.24. The minimum atomic E-state index is -0.297. The topological polar surface area (TPSA) is 89.8 Å². The zero-order valence-electron chi connectivity index (χ0n) is 20.9. The quantitative estimate of drug-likeness (QED) is 0.259. The Hall–Kier alpha value is -4.56. The Kier molecular flexibility index (Phi) is 7.42. The molecular formula is C29H26ClN5O3. The number of fused-ring (bicyclic) bond motifs is 1. The highest BCUT2D eigenvalue weighted by Gasteiger charge is 2.17. The number of nitrogens with one attached hydrogen (secondary N) is 2. The molecule has 5 aromatic rings. The Morgan fingerprint density at radius 2 is 1.55 bits per heavy atom. The number of methoxy groups -OCH3 is 2. The smallest absolute Gasteiger partial charge is 0.270 e. The summed E-state index contributed by atoms with van der Waals surface area (Å²) in [5, 5.41) is 11.5. The van der Waals surface area contributed by atoms with Crippen LogP contribution in [0.3, 0.4) is 0 Å². The van der Waals surface area contributed by atoms with Crippen molar-refractivity contribution in [2.45, 2.75) is 13.1 Å². The Labute approximate surface area is 225 Å². The number of carbonyl (C=O) groups is 1. The second-order valence-electron chi connectivity index (χ2n) is 8.56. The highest BCUT2D eigenvalue weighted by molar-refractivity contribution is 6.30. The lowest BCUT2D eigenvalue weighted by Gasteiger charge is -2.12. The van der Waals surface area contributed by atoms with Crippen molar-refractivity contribution in [1.29, 1.82) is 0 Å². The molecule has 0 unspecified atom stereocenters. The summed E-state index contributed by atoms with van der Waals surface area (Å²) in [7, 11) is 3.25. The van der Waals surface area contributed by atoms with E-state index < -0.39 is 0 Å². The molecule has 0 aliphatic heterocycles. The van der Waals surface area contributed by atoms with Crippen LogP contribution in [-0.2, 0) is 13.1 Å². The van der Waals surface area contributed by atoms with Crippen LogP contribution in [0.25, 0.3) is 16.8 Å². The van der Waals surface area contributed by atoms with Crippen LogP contribution in [0.15, 0.2) is 85.1 Å². The minimum Gasteiger partial charge on any atom is -0.497 e. The van der Waals surface area contributed by atoms with Gasteiger partial charge in [0.25, 0.3) is 5.91 Å². The fourth-order valence-electron chi connectivity index (χ4n) is 4.02. The molecule has 0 aliphatic carbocycles. The van der Waals surface area contributed by atoms with Crippen LogP contribution in [0, 0.1) is 0 Å². The van der Waals surface area contributed by atoms with E-state index in [1.807, 2.05) is 72.8 Å². The Bertz CT molecular complexity index is 1570. The standard InChI is InChI=1S/C29H26ClN5O3/c1-37-23-10-6-19(7-11-23)16-31-27-15-26(29(36)32-17-20-8-12-24(38-2)13-9-20)34-28-25(18-33-35(27)28)21-4-3-5-22(30)14-21/h3-15,18,31H,16-17H2,1-2H3,(H,32,36). The van der Waals surface area contributed by atoms with Gasteiger partial charge < -0.3 is 20.1 Å². The van der Waals surface area contributed by atoms with Crippen molar-refractivity contribution in [3.05, 3.63) is 107 Å². The van der Waals surface area contributed by atoms with Crippen LogP contribution in [0.5, 0.6) is 11.5 Å². The molecule has 0 spiro atoms. The van der Waals surface area contributed by atoms with Crippen molar-refractivity contribution in [2.24, 2.45) is 0 Å². The summed E-state index contributed by atoms with van der Waals surface area (Å²) < 4.78 is 12.1. The number of carbonyl (C=O) groups excluding carboxylic acids is 1. The number of hydrogen-bond acceptors (Lipinski definition) is 6. The van der Waals surface area contributed by atoms with Gasteiger partial charge in [-0.05, 0) is 53.1 Å². The maximum Gasteiger partial charge on any atom is 0.270 e. The molecule has 8 nitrogen and oxygen atoms in total. The van der Waals surface area contributed by atoms with Gasteiger partial charge in [0, 0.05) is 29.7 Å². The van der Waals surface area contributed by atoms with E-state index in [-0.39, 0.29) is 11.6 Å². The first-order valence-corrected chi connectivity index (χ1v) is 12.3. The Balaban J connectivity index is 1.46. The lowest BCUT2D eigenvalue weighted by molar-refractivity contribution is 0.0946. The third-order valence-corrected chi connectivity index (χ3v) is 6.32. The zero-order chi connectivity index (χ0) is 26.5. The van der Waals surface area contributed by atoms with Crippen LogP contribution >= 0.6 is 11.6 Å². The molecule has 0 aliphatic rings. The van der Waals surface area contributed by atoms with E-state index in [0.717, 1.165) is 33.8 Å². The molecule has 2 aromatic heterocycles. The van der Waals surface area contributed by atoms with E-state index in [4.69, 9.17) is 21.1 Å². The number of amides is 1. The van der Waals surface area contributed by atoms with Gasteiger partial charge >= 0.3 is 0 Å². The van der Waals surface area contributed by atoms with Gasteiger partial charge in [0.15, 0.2) is 5.65 Å². The monoisotopic (exact) mass is 527 g/mol. The van der Waals surface area contributed by atoms with Gasteiger partial charge in [-0.15, -0.1) is 0 Å². The number of halogens is 1. The van der Waals surface area contributed by atoms with Crippen molar-refractivity contribution in [3.8, 4) is 22.6 Å². The summed E-state index contributed by atoms with van der Waals surface area (Å²) in [5.74, 6) is 1.88. The molecule has 38 heavy (non-hydrogen) atoms. The van der Waals surface area contributed by atoms with Gasteiger partial charge in [-0.2, -0.15) is 9.61 Å². The first-order chi connectivity index (χ1) is 18.5. The second kappa shape index (κ2) is 11.2. The molecule has 5 rings (SSSR count). The van der Waals surface area contributed by atoms with Crippen molar-refractivity contribution in [2.75, 3.05) is 19.5 Å². The van der Waals surface area contributed by atoms with Gasteiger partial charge in [-0.25, -0.2) is 4.98 Å². The number of hydrogen-bond donors (Lipinski definition) is 2. The predicted molar refractivity (Wildman–Crippen MR) is 148 cm³/mol. The first-order valence-electron chi connectivity index (χ1n) is 12.0. The van der Waals surface area contributed by atoms with Gasteiger partial charge in [-0.3, -0.25) is 4.79 Å². The normalized spacial score (nSPS) is 10.8. The van der Waals surface area contributed by atoms with E-state index >= 15 is 0 Å². The predicted octanol–water partition coefficient (Wildman–Crippen LogP) is 5.61. The maximum atomic E-state index is 13.2. The fraction of sp³-hybridized carbons (Fsp3) is 0.138. The average molecular weight is 528 g/mol. The third kappa shape index (κ3) is 5.55. The molecule has 0 atom stereocenters. The molecule has 9 heteroatoms. The number of ether oxygens (including phenoxy) is 2. The summed E-state index contributed by atoms with van der Waals surface area (Å²) in [6, 6.07) is 24.5. The van der Waals surface area contributed by atoms with E-state index in [1.54, 1.807) is 31.0 Å². The maximum absolute atomic E-state index is 13.2. The van der Waals surface area contributed by atoms with Crippen molar-refractivity contribution < 1.29 is 14.3 Å². The molecule has 0 saturated heterocycles. The molecule has 2 heterocycles. The summed E-state index contributed by atoms with van der Waals surface area (Å²) in [6.07, 6.45) is 1.73. The summed E-state index contributed by atoms with van der Waals surface area (Å²) in [4.78, 5) is 17.9. The minimum absolute atomic E-state index is 0.270. The molecule has 192 valence electrons. The number of rotatable bonds is 9. The second-order valence-corrected chi connectivity index (χ2v) is 9.00. The van der Waals surface area contributed by atoms with Crippen LogP contribution < -0.4 is 20.1 Å². The number of nitrogens with zero attached hydrogens (tertiary/aromatic N) is 3. The van der Waals surface area contributed by atoms with E-state index in [0.29, 0.717) is 29.6 Å². The van der Waals surface area contributed by atoms with E-state index in [9.17, 15) is 4.79 Å². The Morgan fingerprint density at radius 1 is 0.895 bits per heavy atom. The number of benzene rings is 3. The highest BCUT2D eigenvalue weighted by Crippen LogP contribution is 2.28. The number of anilines is 1. The van der Waals surface area contributed by atoms with Crippen molar-refractivity contribution in [1.82, 2.24) is 19.9 Å². The molecule has 1 amide bonds. The highest BCUT2D eigenvalue weighted by atomic mass is 35.5. The number of aromatic nitrogens is 3. The van der Waals surface area contributed by atoms with Crippen LogP contribution in [0.4, 0.5) is 5.82 Å². The van der Waals surface area contributed by atoms with E-state index in [1.165, 1.54) is 0 Å². The first kappa shape index (κ1) is 25.1. The molecule has 0 fully saturated rings. The van der Waals surface area contributed by atoms with Crippen LogP contribution in [0.1, 0.15) is 21.6 Å². The molecule has 3 aromatic carbocycles. The van der Waals surface area contributed by atoms with Gasteiger partial charge in [-0.1, -0.05) is 48.0 Å². The van der Waals surface area contributed by atoms with Crippen molar-refractivity contribution in [3.63, 3.8) is 0 Å². The van der Waals surface area contributed by atoms with Crippen molar-refractivity contribution >= 4 is 29.0 Å².